The maximum atomic E-state index is 12.3. The number of carbonyl (C=O) groups excluding carboxylic acids is 1. The molecule has 0 spiro atoms. The number of fused-ring (bicyclic) bond motifs is 1. The number of hydrogen-bond donors (Lipinski definition) is 1. The topological polar surface area (TPSA) is 68.5 Å². The predicted octanol–water partition coefficient (Wildman–Crippen LogP) is 4.10. The van der Waals surface area contributed by atoms with E-state index >= 15 is 0 Å². The molecule has 5 nitrogen and oxygen atoms in total. The van der Waals surface area contributed by atoms with Gasteiger partial charge in [-0.1, -0.05) is 11.6 Å². The molecule has 3 rings (SSSR count). The summed E-state index contributed by atoms with van der Waals surface area (Å²) in [5, 5.41) is 3.88. The molecule has 1 amide bonds. The summed E-state index contributed by atoms with van der Waals surface area (Å²) in [6, 6.07) is 12.9. The van der Waals surface area contributed by atoms with Gasteiger partial charge in [0.15, 0.2) is 0 Å². The minimum absolute atomic E-state index is 0.295. The molecule has 0 aliphatic carbocycles. The summed E-state index contributed by atoms with van der Waals surface area (Å²) >= 11 is 6.10. The summed E-state index contributed by atoms with van der Waals surface area (Å²) < 4.78 is 10.4. The molecule has 24 heavy (non-hydrogen) atoms. The van der Waals surface area contributed by atoms with Gasteiger partial charge in [0, 0.05) is 22.7 Å². The lowest BCUT2D eigenvalue weighted by molar-refractivity contribution is 0.102. The first kappa shape index (κ1) is 16.1. The Bertz CT molecular complexity index is 965. The van der Waals surface area contributed by atoms with Crippen LogP contribution in [0.2, 0.25) is 5.02 Å². The maximum Gasteiger partial charge on any atom is 0.336 e. The lowest BCUT2D eigenvalue weighted by Crippen LogP contribution is -2.12. The average molecular weight is 344 g/mol. The van der Waals surface area contributed by atoms with Crippen LogP contribution >= 0.6 is 11.6 Å². The fraction of sp³-hybridized carbons (Fsp3) is 0.111. The average Bonchev–Trinajstić information content (AvgIpc) is 2.57. The van der Waals surface area contributed by atoms with E-state index in [9.17, 15) is 9.59 Å². The van der Waals surface area contributed by atoms with Crippen molar-refractivity contribution in [3.05, 3.63) is 69.5 Å². The summed E-state index contributed by atoms with van der Waals surface area (Å²) in [6.07, 6.45) is 0. The van der Waals surface area contributed by atoms with Gasteiger partial charge >= 0.3 is 5.63 Å². The van der Waals surface area contributed by atoms with Gasteiger partial charge in [-0.05, 0) is 49.4 Å². The Morgan fingerprint density at radius 3 is 2.75 bits per heavy atom. The standard InChI is InChI=1S/C18H14ClNO4/c1-2-23-16-6-3-12(10-14(16)19)18(22)20-13-5-7-15-11(9-13)4-8-17(21)24-15/h3-10H,2H2,1H3,(H,20,22). The van der Waals surface area contributed by atoms with E-state index < -0.39 is 5.63 Å². The monoisotopic (exact) mass is 343 g/mol. The lowest BCUT2D eigenvalue weighted by atomic mass is 10.1. The van der Waals surface area contributed by atoms with E-state index in [1.165, 1.54) is 6.07 Å². The number of carbonyl (C=O) groups is 1. The van der Waals surface area contributed by atoms with Crippen molar-refractivity contribution in [3.8, 4) is 5.75 Å². The normalized spacial score (nSPS) is 10.6. The fourth-order valence-corrected chi connectivity index (χ4v) is 2.50. The van der Waals surface area contributed by atoms with Gasteiger partial charge in [-0.25, -0.2) is 4.79 Å². The van der Waals surface area contributed by atoms with Crippen LogP contribution in [0.15, 0.2) is 57.7 Å². The van der Waals surface area contributed by atoms with Crippen molar-refractivity contribution in [1.29, 1.82) is 0 Å². The van der Waals surface area contributed by atoms with Crippen molar-refractivity contribution in [2.75, 3.05) is 11.9 Å². The minimum atomic E-state index is -0.414. The third-order valence-corrected chi connectivity index (χ3v) is 3.67. The van der Waals surface area contributed by atoms with Crippen LogP contribution in [0, 0.1) is 0 Å². The molecule has 0 aliphatic heterocycles. The Labute approximate surface area is 142 Å². The van der Waals surface area contributed by atoms with E-state index in [0.717, 1.165) is 5.39 Å². The Kier molecular flexibility index (Phi) is 4.53. The molecule has 0 aliphatic rings. The number of ether oxygens (including phenoxy) is 1. The van der Waals surface area contributed by atoms with Gasteiger partial charge in [0.2, 0.25) is 0 Å². The van der Waals surface area contributed by atoms with Crippen molar-refractivity contribution in [2.45, 2.75) is 6.92 Å². The second kappa shape index (κ2) is 6.76. The molecule has 122 valence electrons. The molecule has 6 heteroatoms. The SMILES string of the molecule is CCOc1ccc(C(=O)Nc2ccc3oc(=O)ccc3c2)cc1Cl. The van der Waals surface area contributed by atoms with E-state index in [2.05, 4.69) is 5.32 Å². The molecule has 1 aromatic heterocycles. The van der Waals surface area contributed by atoms with Crippen LogP contribution in [0.25, 0.3) is 11.0 Å². The van der Waals surface area contributed by atoms with Gasteiger partial charge in [-0.2, -0.15) is 0 Å². The highest BCUT2D eigenvalue weighted by molar-refractivity contribution is 6.32. The van der Waals surface area contributed by atoms with E-state index in [1.807, 2.05) is 6.92 Å². The predicted molar refractivity (Wildman–Crippen MR) is 93.1 cm³/mol. The van der Waals surface area contributed by atoms with Crippen LogP contribution in [0.4, 0.5) is 5.69 Å². The molecular weight excluding hydrogens is 330 g/mol. The molecule has 0 fully saturated rings. The highest BCUT2D eigenvalue weighted by Gasteiger charge is 2.10. The minimum Gasteiger partial charge on any atom is -0.492 e. The quantitative estimate of drug-likeness (QED) is 0.724. The smallest absolute Gasteiger partial charge is 0.336 e. The molecule has 0 radical (unpaired) electrons. The van der Waals surface area contributed by atoms with E-state index in [4.69, 9.17) is 20.8 Å². The van der Waals surface area contributed by atoms with Crippen LogP contribution < -0.4 is 15.7 Å². The Hall–Kier alpha value is -2.79. The molecule has 2 aromatic carbocycles. The third-order valence-electron chi connectivity index (χ3n) is 3.37. The second-order valence-electron chi connectivity index (χ2n) is 5.04. The number of amides is 1. The van der Waals surface area contributed by atoms with Crippen molar-refractivity contribution >= 4 is 34.2 Å². The first-order valence-electron chi connectivity index (χ1n) is 7.34. The number of hydrogen-bond acceptors (Lipinski definition) is 4. The maximum absolute atomic E-state index is 12.3. The van der Waals surface area contributed by atoms with Crippen LogP contribution in [0.3, 0.4) is 0 Å². The summed E-state index contributed by atoms with van der Waals surface area (Å²) in [6.45, 7) is 2.36. The van der Waals surface area contributed by atoms with Crippen LogP contribution in [0.1, 0.15) is 17.3 Å². The molecule has 1 N–H and O–H groups in total. The zero-order chi connectivity index (χ0) is 17.1. The number of rotatable bonds is 4. The molecule has 0 saturated carbocycles. The molecule has 0 atom stereocenters. The fourth-order valence-electron chi connectivity index (χ4n) is 2.27. The van der Waals surface area contributed by atoms with E-state index in [0.29, 0.717) is 34.2 Å². The first-order chi connectivity index (χ1) is 11.6. The molecular formula is C18H14ClNO4. The molecule has 0 bridgehead atoms. The first-order valence-corrected chi connectivity index (χ1v) is 7.72. The summed E-state index contributed by atoms with van der Waals surface area (Å²) in [4.78, 5) is 23.5. The van der Waals surface area contributed by atoms with Crippen LogP contribution in [-0.4, -0.2) is 12.5 Å². The van der Waals surface area contributed by atoms with Gasteiger partial charge in [0.05, 0.1) is 11.6 Å². The molecule has 0 unspecified atom stereocenters. The largest absolute Gasteiger partial charge is 0.492 e. The van der Waals surface area contributed by atoms with Gasteiger partial charge in [-0.15, -0.1) is 0 Å². The third kappa shape index (κ3) is 3.41. The lowest BCUT2D eigenvalue weighted by Gasteiger charge is -2.09. The zero-order valence-corrected chi connectivity index (χ0v) is 13.6. The van der Waals surface area contributed by atoms with E-state index in [-0.39, 0.29) is 5.91 Å². The van der Waals surface area contributed by atoms with Gasteiger partial charge in [0.1, 0.15) is 11.3 Å². The summed E-state index contributed by atoms with van der Waals surface area (Å²) in [5.41, 5.74) is 1.06. The van der Waals surface area contributed by atoms with Crippen LogP contribution in [-0.2, 0) is 0 Å². The van der Waals surface area contributed by atoms with Crippen molar-refractivity contribution < 1.29 is 13.9 Å². The highest BCUT2D eigenvalue weighted by atomic mass is 35.5. The van der Waals surface area contributed by atoms with Gasteiger partial charge in [0.25, 0.3) is 5.91 Å². The van der Waals surface area contributed by atoms with E-state index in [1.54, 1.807) is 42.5 Å². The Morgan fingerprint density at radius 2 is 2.00 bits per heavy atom. The van der Waals surface area contributed by atoms with Crippen molar-refractivity contribution in [3.63, 3.8) is 0 Å². The number of benzene rings is 2. The molecule has 0 saturated heterocycles. The number of halogens is 1. The molecule has 3 aromatic rings. The second-order valence-corrected chi connectivity index (χ2v) is 5.45. The highest BCUT2D eigenvalue weighted by Crippen LogP contribution is 2.26. The van der Waals surface area contributed by atoms with Gasteiger partial charge in [-0.3, -0.25) is 4.79 Å². The van der Waals surface area contributed by atoms with Crippen LogP contribution in [0.5, 0.6) is 5.75 Å². The molecule has 1 heterocycles. The Balaban J connectivity index is 1.83. The zero-order valence-electron chi connectivity index (χ0n) is 12.8. The van der Waals surface area contributed by atoms with Gasteiger partial charge < -0.3 is 14.5 Å². The summed E-state index contributed by atoms with van der Waals surface area (Å²) in [7, 11) is 0. The Morgan fingerprint density at radius 1 is 1.17 bits per heavy atom. The number of anilines is 1. The van der Waals surface area contributed by atoms with Crippen molar-refractivity contribution in [2.24, 2.45) is 0 Å². The summed E-state index contributed by atoms with van der Waals surface area (Å²) in [5.74, 6) is 0.244. The van der Waals surface area contributed by atoms with Crippen molar-refractivity contribution in [1.82, 2.24) is 0 Å². The number of nitrogens with one attached hydrogen (secondary N) is 1.